The van der Waals surface area contributed by atoms with Crippen molar-refractivity contribution in [2.24, 2.45) is 5.92 Å². The van der Waals surface area contributed by atoms with Gasteiger partial charge in [0.2, 0.25) is 0 Å². The highest BCUT2D eigenvalue weighted by atomic mass is 27.2. The van der Waals surface area contributed by atoms with Crippen molar-refractivity contribution in [3.63, 3.8) is 0 Å². The van der Waals surface area contributed by atoms with Crippen LogP contribution in [0.25, 0.3) is 0 Å². The van der Waals surface area contributed by atoms with Gasteiger partial charge >= 0.3 is 0 Å². The molecule has 2 radical (unpaired) electrons. The third kappa shape index (κ3) is 9.30. The molecular formula is C22H47AlMg. The Morgan fingerprint density at radius 3 is 1.29 bits per heavy atom. The van der Waals surface area contributed by atoms with Crippen molar-refractivity contribution >= 4 is 37.2 Å². The van der Waals surface area contributed by atoms with Crippen molar-refractivity contribution in [1.82, 2.24) is 0 Å². The average Bonchev–Trinajstić information content (AvgIpc) is 2.58. The topological polar surface area (TPSA) is 0 Å². The Morgan fingerprint density at radius 1 is 0.625 bits per heavy atom. The first-order chi connectivity index (χ1) is 11.2. The van der Waals surface area contributed by atoms with Gasteiger partial charge in [-0.15, -0.1) is 0 Å². The summed E-state index contributed by atoms with van der Waals surface area (Å²) in [6.45, 7) is 14.6. The molecule has 0 aliphatic heterocycles. The van der Waals surface area contributed by atoms with Gasteiger partial charge in [-0.05, 0) is 5.92 Å². The Balaban J connectivity index is 0. The molecule has 0 spiro atoms. The average molecular weight is 363 g/mol. The van der Waals surface area contributed by atoms with Crippen LogP contribution in [0.4, 0.5) is 0 Å². The summed E-state index contributed by atoms with van der Waals surface area (Å²) in [6.07, 6.45) is 17.6. The first-order valence-electron chi connectivity index (χ1n) is 11.2. The summed E-state index contributed by atoms with van der Waals surface area (Å²) in [6, 6.07) is 0. The van der Waals surface area contributed by atoms with E-state index in [-0.39, 0.29) is 23.1 Å². The highest BCUT2D eigenvalue weighted by Crippen LogP contribution is 2.54. The van der Waals surface area contributed by atoms with Crippen molar-refractivity contribution in [3.05, 3.63) is 0 Å². The summed E-state index contributed by atoms with van der Waals surface area (Å²) in [4.78, 5) is 0. The first kappa shape index (κ1) is 27.5. The fraction of sp³-hybridized carbons (Fsp3) is 1.00. The van der Waals surface area contributed by atoms with E-state index < -0.39 is 14.1 Å². The quantitative estimate of drug-likeness (QED) is 0.242. The fourth-order valence-corrected chi connectivity index (χ4v) is 9.44. The van der Waals surface area contributed by atoms with Crippen LogP contribution >= 0.6 is 0 Å². The van der Waals surface area contributed by atoms with Crippen molar-refractivity contribution in [2.45, 2.75) is 133 Å². The smallest absolute Gasteiger partial charge is 0.0964 e. The molecule has 0 saturated carbocycles. The molecule has 0 atom stereocenters. The summed E-state index contributed by atoms with van der Waals surface area (Å²) < 4.78 is 0.778. The molecule has 0 aliphatic carbocycles. The fourth-order valence-electron chi connectivity index (χ4n) is 5.01. The lowest BCUT2D eigenvalue weighted by atomic mass is 9.77. The molecule has 0 amide bonds. The molecule has 0 bridgehead atoms. The van der Waals surface area contributed by atoms with E-state index in [0.29, 0.717) is 0 Å². The highest BCUT2D eigenvalue weighted by molar-refractivity contribution is 6.62. The third-order valence-corrected chi connectivity index (χ3v) is 11.1. The van der Waals surface area contributed by atoms with Crippen LogP contribution in [-0.4, -0.2) is 37.2 Å². The van der Waals surface area contributed by atoms with Gasteiger partial charge in [0, 0.05) is 23.1 Å². The van der Waals surface area contributed by atoms with Crippen LogP contribution in [0, 0.1) is 5.92 Å². The van der Waals surface area contributed by atoms with E-state index in [0.717, 1.165) is 10.2 Å². The molecule has 0 N–H and O–H groups in total. The molecule has 0 aromatic carbocycles. The predicted molar refractivity (Wildman–Crippen MR) is 117 cm³/mol. The van der Waals surface area contributed by atoms with Crippen molar-refractivity contribution < 1.29 is 0 Å². The molecule has 2 heteroatoms. The Morgan fingerprint density at radius 2 is 1.00 bits per heavy atom. The lowest BCUT2D eigenvalue weighted by Gasteiger charge is -2.46. The number of hydrogen-bond donors (Lipinski definition) is 0. The van der Waals surface area contributed by atoms with E-state index in [4.69, 9.17) is 0 Å². The van der Waals surface area contributed by atoms with Crippen molar-refractivity contribution in [2.75, 3.05) is 0 Å². The van der Waals surface area contributed by atoms with Crippen LogP contribution in [0.3, 0.4) is 0 Å². The largest absolute Gasteiger partial charge is 0.269 e. The van der Waals surface area contributed by atoms with Crippen molar-refractivity contribution in [1.29, 1.82) is 0 Å². The number of unbranched alkanes of at least 4 members (excludes halogenated alkanes) is 4. The van der Waals surface area contributed by atoms with E-state index >= 15 is 0 Å². The van der Waals surface area contributed by atoms with Gasteiger partial charge in [-0.3, -0.25) is 0 Å². The highest BCUT2D eigenvalue weighted by Gasteiger charge is 2.44. The molecule has 140 valence electrons. The Hall–Kier alpha value is 1.30. The molecule has 0 heterocycles. The lowest BCUT2D eigenvalue weighted by Crippen LogP contribution is -2.38. The Bertz CT molecular complexity index is 234. The SMILES string of the molecule is CCCCC(CCCC)[C](CCCC)(CCCC)[Al]([CH2]C)[CH2]C.[Mg]. The van der Waals surface area contributed by atoms with Crippen LogP contribution in [0.1, 0.15) is 119 Å². The van der Waals surface area contributed by atoms with Crippen LogP contribution in [0.15, 0.2) is 0 Å². The maximum Gasteiger partial charge on any atom is 0.269 e. The van der Waals surface area contributed by atoms with Crippen LogP contribution < -0.4 is 0 Å². The van der Waals surface area contributed by atoms with E-state index in [2.05, 4.69) is 41.5 Å². The van der Waals surface area contributed by atoms with E-state index in [1.165, 1.54) is 74.8 Å². The monoisotopic (exact) mass is 362 g/mol. The van der Waals surface area contributed by atoms with Crippen molar-refractivity contribution in [3.8, 4) is 0 Å². The zero-order valence-corrected chi connectivity index (χ0v) is 20.8. The second-order valence-electron chi connectivity index (χ2n) is 7.94. The molecule has 0 saturated heterocycles. The molecular weight excluding hydrogens is 316 g/mol. The zero-order valence-electron chi connectivity index (χ0n) is 18.3. The first-order valence-corrected chi connectivity index (χ1v) is 13.4. The van der Waals surface area contributed by atoms with Gasteiger partial charge in [0.15, 0.2) is 0 Å². The van der Waals surface area contributed by atoms with Crippen LogP contribution in [0.2, 0.25) is 14.8 Å². The third-order valence-electron chi connectivity index (χ3n) is 6.42. The Labute approximate surface area is 175 Å². The summed E-state index contributed by atoms with van der Waals surface area (Å²) in [5.74, 6) is 1.04. The molecule has 0 aromatic heterocycles. The minimum Gasteiger partial charge on any atom is -0.0964 e. The number of rotatable bonds is 16. The van der Waals surface area contributed by atoms with Gasteiger partial charge in [0.25, 0.3) is 14.1 Å². The van der Waals surface area contributed by atoms with Gasteiger partial charge in [0.1, 0.15) is 0 Å². The lowest BCUT2D eigenvalue weighted by molar-refractivity contribution is 0.252. The van der Waals surface area contributed by atoms with Crippen LogP contribution in [-0.2, 0) is 0 Å². The normalized spacial score (nSPS) is 11.6. The second-order valence-corrected chi connectivity index (χ2v) is 12.1. The van der Waals surface area contributed by atoms with E-state index in [9.17, 15) is 0 Å². The minimum atomic E-state index is -0.649. The summed E-state index contributed by atoms with van der Waals surface area (Å²) in [7, 11) is 0. The molecule has 0 nitrogen and oxygen atoms in total. The zero-order chi connectivity index (χ0) is 17.6. The van der Waals surface area contributed by atoms with E-state index in [1.807, 2.05) is 0 Å². The molecule has 0 fully saturated rings. The summed E-state index contributed by atoms with van der Waals surface area (Å²) in [5, 5.41) is 3.05. The van der Waals surface area contributed by atoms with Gasteiger partial charge < -0.3 is 0 Å². The molecule has 0 rings (SSSR count). The van der Waals surface area contributed by atoms with Gasteiger partial charge in [-0.2, -0.15) is 0 Å². The summed E-state index contributed by atoms with van der Waals surface area (Å²) >= 11 is -0.649. The van der Waals surface area contributed by atoms with Gasteiger partial charge in [-0.25, -0.2) is 0 Å². The minimum absolute atomic E-state index is 0. The molecule has 24 heavy (non-hydrogen) atoms. The van der Waals surface area contributed by atoms with Gasteiger partial charge in [-0.1, -0.05) is 133 Å². The summed E-state index contributed by atoms with van der Waals surface area (Å²) in [5.41, 5.74) is 0. The van der Waals surface area contributed by atoms with Gasteiger partial charge in [0.05, 0.1) is 0 Å². The standard InChI is InChI=1S/C18H37.2C2H5.Al.Mg/c1-5-9-13-17(14-10-6-2)18(15-11-7-3)16-12-8-4;2*1-2;;/h17H,5-16H2,1-4H3;2*1H2,2H3;;. The number of hydrogen-bond acceptors (Lipinski definition) is 0. The molecule has 0 aliphatic rings. The second kappa shape index (κ2) is 17.7. The maximum absolute atomic E-state index is 2.52. The van der Waals surface area contributed by atoms with E-state index in [1.54, 1.807) is 12.8 Å². The Kier molecular flexibility index (Phi) is 20.3. The van der Waals surface area contributed by atoms with Crippen LogP contribution in [0.5, 0.6) is 0 Å². The molecule has 0 unspecified atom stereocenters. The maximum atomic E-state index is 2.52. The molecule has 0 aromatic rings. The predicted octanol–water partition coefficient (Wildman–Crippen LogP) is 8.26.